The van der Waals surface area contributed by atoms with Crippen molar-refractivity contribution in [2.45, 2.75) is 49.6 Å². The van der Waals surface area contributed by atoms with E-state index in [0.29, 0.717) is 0 Å². The molecule has 0 unspecified atom stereocenters. The van der Waals surface area contributed by atoms with Gasteiger partial charge in [-0.15, -0.1) is 0 Å². The summed E-state index contributed by atoms with van der Waals surface area (Å²) in [6, 6.07) is 2.56. The summed E-state index contributed by atoms with van der Waals surface area (Å²) in [6.45, 7) is 0. The van der Waals surface area contributed by atoms with Gasteiger partial charge in [0.05, 0.1) is 5.56 Å². The summed E-state index contributed by atoms with van der Waals surface area (Å²) in [4.78, 5) is 23.3. The van der Waals surface area contributed by atoms with Gasteiger partial charge in [-0.1, -0.05) is 36.0 Å². The first-order valence-electron chi connectivity index (χ1n) is 7.71. The van der Waals surface area contributed by atoms with Crippen LogP contribution in [0.1, 0.15) is 49.7 Å². The van der Waals surface area contributed by atoms with Crippen LogP contribution in [0.5, 0.6) is 0 Å². The fourth-order valence-electron chi connectivity index (χ4n) is 3.89. The Balaban J connectivity index is 2.05. The second-order valence-electron chi connectivity index (χ2n) is 6.76. The van der Waals surface area contributed by atoms with Gasteiger partial charge in [0.15, 0.2) is 16.4 Å². The zero-order chi connectivity index (χ0) is 17.8. The molecule has 0 saturated heterocycles. The molecule has 2 nitrogen and oxygen atoms in total. The third-order valence-electron chi connectivity index (χ3n) is 5.17. The Kier molecular flexibility index (Phi) is 4.24. The fourth-order valence-corrected chi connectivity index (χ4v) is 4.48. The number of ketones is 2. The highest BCUT2D eigenvalue weighted by Crippen LogP contribution is 2.53. The van der Waals surface area contributed by atoms with E-state index in [9.17, 15) is 22.8 Å². The van der Waals surface area contributed by atoms with Crippen LogP contribution in [-0.2, 0) is 20.6 Å². The Morgan fingerprint density at radius 1 is 1.00 bits per heavy atom. The van der Waals surface area contributed by atoms with Crippen molar-refractivity contribution in [2.75, 3.05) is 0 Å². The third kappa shape index (κ3) is 2.76. The molecule has 0 N–H and O–H groups in total. The van der Waals surface area contributed by atoms with Gasteiger partial charge in [0.2, 0.25) is 0 Å². The van der Waals surface area contributed by atoms with Crippen molar-refractivity contribution in [3.63, 3.8) is 0 Å². The van der Waals surface area contributed by atoms with E-state index in [1.807, 2.05) is 0 Å². The molecule has 0 amide bonds. The van der Waals surface area contributed by atoms with E-state index < -0.39 is 28.2 Å². The van der Waals surface area contributed by atoms with Gasteiger partial charge in [-0.2, -0.15) is 13.2 Å². The molecule has 0 aromatic heterocycles. The van der Waals surface area contributed by atoms with E-state index >= 15 is 0 Å². The summed E-state index contributed by atoms with van der Waals surface area (Å²) < 4.78 is 38.9. The van der Waals surface area contributed by atoms with E-state index in [1.165, 1.54) is 0 Å². The molecule has 1 spiro atoms. The van der Waals surface area contributed by atoms with Crippen molar-refractivity contribution in [2.24, 2.45) is 5.41 Å². The van der Waals surface area contributed by atoms with Crippen molar-refractivity contribution < 1.29 is 22.8 Å². The highest BCUT2D eigenvalue weighted by atomic mass is 35.5. The molecule has 1 aromatic carbocycles. The smallest absolute Gasteiger partial charge is 0.297 e. The van der Waals surface area contributed by atoms with Crippen molar-refractivity contribution in [1.29, 1.82) is 0 Å². The van der Waals surface area contributed by atoms with Gasteiger partial charge in [-0.25, -0.2) is 0 Å². The van der Waals surface area contributed by atoms with Crippen LogP contribution in [-0.4, -0.2) is 11.6 Å². The van der Waals surface area contributed by atoms with Gasteiger partial charge in [-0.05, 0) is 36.5 Å². The molecule has 2 saturated carbocycles. The Hall–Kier alpha value is -1.07. The van der Waals surface area contributed by atoms with Gasteiger partial charge in [0.25, 0.3) is 0 Å². The summed E-state index contributed by atoms with van der Waals surface area (Å²) in [7, 11) is 0. The highest BCUT2D eigenvalue weighted by molar-refractivity contribution is 6.48. The van der Waals surface area contributed by atoms with Crippen LogP contribution < -0.4 is 0 Å². The normalized spacial score (nSPS) is 23.0. The first-order valence-corrected chi connectivity index (χ1v) is 8.47. The molecule has 0 heterocycles. The number of halogens is 5. The van der Waals surface area contributed by atoms with Gasteiger partial charge in [0, 0.05) is 23.4 Å². The fraction of sp³-hybridized carbons (Fsp3) is 0.529. The highest BCUT2D eigenvalue weighted by Gasteiger charge is 2.56. The molecule has 0 radical (unpaired) electrons. The molecule has 0 bridgehead atoms. The van der Waals surface area contributed by atoms with E-state index in [2.05, 4.69) is 0 Å². The van der Waals surface area contributed by atoms with Gasteiger partial charge in [0.1, 0.15) is 0 Å². The maximum Gasteiger partial charge on any atom is 0.416 e. The summed E-state index contributed by atoms with van der Waals surface area (Å²) >= 11 is 12.3. The standard InChI is InChI=1S/C17H15Cl2F3O2/c18-12-4-3-10(17(20,21)22)7-11(12)16(19)13(23)8-15(9-14(16)24)5-1-2-6-15/h3-4,7H,1-2,5-6,8-9H2. The molecule has 0 aliphatic heterocycles. The molecule has 2 fully saturated rings. The first-order chi connectivity index (χ1) is 11.1. The Morgan fingerprint density at radius 2 is 1.54 bits per heavy atom. The number of hydrogen-bond donors (Lipinski definition) is 0. The van der Waals surface area contributed by atoms with Crippen LogP contribution in [0.15, 0.2) is 18.2 Å². The van der Waals surface area contributed by atoms with Crippen molar-refractivity contribution >= 4 is 34.8 Å². The van der Waals surface area contributed by atoms with Gasteiger partial charge < -0.3 is 0 Å². The summed E-state index contributed by atoms with van der Waals surface area (Å²) in [5, 5.41) is -0.109. The van der Waals surface area contributed by atoms with Gasteiger partial charge in [-0.3, -0.25) is 9.59 Å². The Morgan fingerprint density at radius 3 is 2.04 bits per heavy atom. The van der Waals surface area contributed by atoms with Crippen molar-refractivity contribution in [3.05, 3.63) is 34.3 Å². The minimum Gasteiger partial charge on any atom is -0.297 e. The molecular weight excluding hydrogens is 364 g/mol. The summed E-state index contributed by atoms with van der Waals surface area (Å²) in [5.41, 5.74) is -1.62. The first kappa shape index (κ1) is 17.7. The second-order valence-corrected chi connectivity index (χ2v) is 7.73. The lowest BCUT2D eigenvalue weighted by Gasteiger charge is -2.39. The van der Waals surface area contributed by atoms with E-state index in [4.69, 9.17) is 23.2 Å². The molecule has 24 heavy (non-hydrogen) atoms. The van der Waals surface area contributed by atoms with Crippen LogP contribution in [0.4, 0.5) is 13.2 Å². The molecule has 130 valence electrons. The number of benzene rings is 1. The van der Waals surface area contributed by atoms with E-state index in [0.717, 1.165) is 43.9 Å². The lowest BCUT2D eigenvalue weighted by atomic mass is 9.66. The molecule has 3 rings (SSSR count). The van der Waals surface area contributed by atoms with Gasteiger partial charge >= 0.3 is 6.18 Å². The van der Waals surface area contributed by atoms with Crippen LogP contribution in [0.3, 0.4) is 0 Å². The van der Waals surface area contributed by atoms with Crippen LogP contribution in [0.2, 0.25) is 5.02 Å². The number of Topliss-reactive ketones (excluding diaryl/α,β-unsaturated/α-hetero) is 2. The molecular formula is C17H15Cl2F3O2. The van der Waals surface area contributed by atoms with Crippen molar-refractivity contribution in [3.8, 4) is 0 Å². The minimum absolute atomic E-state index is 0.106. The topological polar surface area (TPSA) is 34.1 Å². The maximum atomic E-state index is 13.0. The number of carbonyl (C=O) groups is 2. The third-order valence-corrected chi connectivity index (χ3v) is 6.12. The zero-order valence-electron chi connectivity index (χ0n) is 12.7. The number of rotatable bonds is 1. The average molecular weight is 379 g/mol. The van der Waals surface area contributed by atoms with Crippen LogP contribution >= 0.6 is 23.2 Å². The number of carbonyl (C=O) groups excluding carboxylic acids is 2. The maximum absolute atomic E-state index is 13.0. The predicted molar refractivity (Wildman–Crippen MR) is 84.1 cm³/mol. The summed E-state index contributed by atoms with van der Waals surface area (Å²) in [5.74, 6) is -1.10. The van der Waals surface area contributed by atoms with Crippen LogP contribution in [0.25, 0.3) is 0 Å². The number of hydrogen-bond acceptors (Lipinski definition) is 2. The second kappa shape index (κ2) is 5.73. The van der Waals surface area contributed by atoms with Crippen molar-refractivity contribution in [1.82, 2.24) is 0 Å². The lowest BCUT2D eigenvalue weighted by molar-refractivity contribution is -0.140. The molecule has 1 aromatic rings. The lowest BCUT2D eigenvalue weighted by Crippen LogP contribution is -2.48. The SMILES string of the molecule is O=C1CC2(CCCC2)CC(=O)C1(Cl)c1cc(C(F)(F)F)ccc1Cl. The Labute approximate surface area is 147 Å². The molecule has 2 aliphatic carbocycles. The van der Waals surface area contributed by atoms with E-state index in [-0.39, 0.29) is 28.8 Å². The quantitative estimate of drug-likeness (QED) is 0.491. The van der Waals surface area contributed by atoms with E-state index in [1.54, 1.807) is 0 Å². The summed E-state index contributed by atoms with van der Waals surface area (Å²) in [6.07, 6.45) is -0.967. The monoisotopic (exact) mass is 378 g/mol. The largest absolute Gasteiger partial charge is 0.416 e. The van der Waals surface area contributed by atoms with Crippen LogP contribution in [0, 0.1) is 5.41 Å². The predicted octanol–water partition coefficient (Wildman–Crippen LogP) is 5.29. The molecule has 2 aliphatic rings. The Bertz CT molecular complexity index is 686. The molecule has 0 atom stereocenters. The minimum atomic E-state index is -4.61. The molecule has 7 heteroatoms. The average Bonchev–Trinajstić information content (AvgIpc) is 2.92. The zero-order valence-corrected chi connectivity index (χ0v) is 14.2. The number of alkyl halides is 4.